The summed E-state index contributed by atoms with van der Waals surface area (Å²) in [6.45, 7) is 0. The number of aromatic amines is 1. The van der Waals surface area contributed by atoms with Crippen LogP contribution < -0.4 is 0 Å². The van der Waals surface area contributed by atoms with Gasteiger partial charge in [-0.25, -0.2) is 4.98 Å². The standard InChI is InChI=1S/C17H10Cl2N2/c18-14-9-16-13(10-4-1-2-6-15(10)21-16)8-12(14)11-5-3-7-20-17(11)19/h1-9,21H. The maximum absolute atomic E-state index is 6.43. The Morgan fingerprint density at radius 2 is 1.67 bits per heavy atom. The Morgan fingerprint density at radius 1 is 0.810 bits per heavy atom. The van der Waals surface area contributed by atoms with E-state index in [-0.39, 0.29) is 0 Å². The van der Waals surface area contributed by atoms with Gasteiger partial charge in [0, 0.05) is 39.1 Å². The predicted molar refractivity (Wildman–Crippen MR) is 89.1 cm³/mol. The summed E-state index contributed by atoms with van der Waals surface area (Å²) in [7, 11) is 0. The number of aromatic nitrogens is 2. The Kier molecular flexibility index (Phi) is 2.88. The first-order valence-corrected chi connectivity index (χ1v) is 7.30. The Morgan fingerprint density at radius 3 is 2.52 bits per heavy atom. The first-order valence-electron chi connectivity index (χ1n) is 6.55. The highest BCUT2D eigenvalue weighted by molar-refractivity contribution is 6.36. The summed E-state index contributed by atoms with van der Waals surface area (Å²) < 4.78 is 0. The fourth-order valence-corrected chi connectivity index (χ4v) is 3.15. The highest BCUT2D eigenvalue weighted by Gasteiger charge is 2.12. The number of fused-ring (bicyclic) bond motifs is 3. The van der Waals surface area contributed by atoms with Crippen molar-refractivity contribution in [3.8, 4) is 11.1 Å². The van der Waals surface area contributed by atoms with Crippen LogP contribution in [0.15, 0.2) is 54.7 Å². The predicted octanol–water partition coefficient (Wildman–Crippen LogP) is 5.69. The van der Waals surface area contributed by atoms with Gasteiger partial charge in [0.2, 0.25) is 0 Å². The number of pyridine rings is 1. The molecule has 2 aromatic carbocycles. The Hall–Kier alpha value is -2.03. The van der Waals surface area contributed by atoms with Gasteiger partial charge in [-0.1, -0.05) is 41.4 Å². The van der Waals surface area contributed by atoms with Crippen LogP contribution in [0.3, 0.4) is 0 Å². The molecule has 4 rings (SSSR count). The van der Waals surface area contributed by atoms with Crippen molar-refractivity contribution in [3.05, 3.63) is 64.9 Å². The Bertz CT molecular complexity index is 973. The molecule has 2 aromatic heterocycles. The van der Waals surface area contributed by atoms with Crippen molar-refractivity contribution in [1.29, 1.82) is 0 Å². The van der Waals surface area contributed by atoms with Gasteiger partial charge < -0.3 is 4.98 Å². The first-order chi connectivity index (χ1) is 10.2. The molecule has 0 bridgehead atoms. The molecule has 2 nitrogen and oxygen atoms in total. The zero-order valence-electron chi connectivity index (χ0n) is 10.9. The third-order valence-corrected chi connectivity index (χ3v) is 4.26. The van der Waals surface area contributed by atoms with Crippen molar-refractivity contribution in [1.82, 2.24) is 9.97 Å². The van der Waals surface area contributed by atoms with Crippen molar-refractivity contribution in [2.45, 2.75) is 0 Å². The topological polar surface area (TPSA) is 28.7 Å². The molecule has 0 spiro atoms. The van der Waals surface area contributed by atoms with Gasteiger partial charge in [-0.2, -0.15) is 0 Å². The van der Waals surface area contributed by atoms with E-state index in [0.29, 0.717) is 10.2 Å². The molecule has 21 heavy (non-hydrogen) atoms. The van der Waals surface area contributed by atoms with Gasteiger partial charge in [0.1, 0.15) is 5.15 Å². The molecule has 0 amide bonds. The number of halogens is 2. The molecule has 0 saturated heterocycles. The van der Waals surface area contributed by atoms with Crippen LogP contribution >= 0.6 is 23.2 Å². The minimum atomic E-state index is 0.457. The van der Waals surface area contributed by atoms with Gasteiger partial charge >= 0.3 is 0 Å². The molecular formula is C17H10Cl2N2. The molecule has 102 valence electrons. The normalized spacial score (nSPS) is 11.3. The summed E-state index contributed by atoms with van der Waals surface area (Å²) in [5, 5.41) is 3.41. The number of hydrogen-bond donors (Lipinski definition) is 1. The van der Waals surface area contributed by atoms with Crippen molar-refractivity contribution >= 4 is 45.0 Å². The Balaban J connectivity index is 2.08. The monoisotopic (exact) mass is 312 g/mol. The molecule has 0 aliphatic rings. The van der Waals surface area contributed by atoms with E-state index in [2.05, 4.69) is 28.2 Å². The van der Waals surface area contributed by atoms with Crippen LogP contribution in [0.25, 0.3) is 32.9 Å². The number of nitrogens with zero attached hydrogens (tertiary/aromatic N) is 1. The third-order valence-electron chi connectivity index (χ3n) is 3.64. The summed E-state index contributed by atoms with van der Waals surface area (Å²) in [6, 6.07) is 16.0. The summed E-state index contributed by atoms with van der Waals surface area (Å²) in [5.41, 5.74) is 3.85. The van der Waals surface area contributed by atoms with E-state index in [0.717, 1.165) is 27.5 Å². The highest BCUT2D eigenvalue weighted by atomic mass is 35.5. The van der Waals surface area contributed by atoms with E-state index in [4.69, 9.17) is 23.2 Å². The summed E-state index contributed by atoms with van der Waals surface area (Å²) in [6.07, 6.45) is 1.67. The van der Waals surface area contributed by atoms with Crippen molar-refractivity contribution < 1.29 is 0 Å². The quantitative estimate of drug-likeness (QED) is 0.449. The molecular weight excluding hydrogens is 303 g/mol. The summed E-state index contributed by atoms with van der Waals surface area (Å²) in [4.78, 5) is 7.50. The molecule has 0 saturated carbocycles. The SMILES string of the molecule is Clc1cc2[nH]c3ccccc3c2cc1-c1cccnc1Cl. The average molecular weight is 313 g/mol. The number of H-pyrrole nitrogens is 1. The maximum Gasteiger partial charge on any atom is 0.136 e. The average Bonchev–Trinajstić information content (AvgIpc) is 2.84. The maximum atomic E-state index is 6.43. The zero-order valence-corrected chi connectivity index (χ0v) is 12.4. The highest BCUT2D eigenvalue weighted by Crippen LogP contribution is 2.37. The van der Waals surface area contributed by atoms with Gasteiger partial charge in [0.25, 0.3) is 0 Å². The Labute approximate surface area is 131 Å². The second kappa shape index (κ2) is 4.76. The van der Waals surface area contributed by atoms with E-state index in [1.807, 2.05) is 30.3 Å². The lowest BCUT2D eigenvalue weighted by Gasteiger charge is -2.06. The van der Waals surface area contributed by atoms with E-state index < -0.39 is 0 Å². The van der Waals surface area contributed by atoms with E-state index in [1.165, 1.54) is 5.39 Å². The van der Waals surface area contributed by atoms with Crippen molar-refractivity contribution in [3.63, 3.8) is 0 Å². The minimum absolute atomic E-state index is 0.457. The lowest BCUT2D eigenvalue weighted by molar-refractivity contribution is 1.33. The molecule has 4 aromatic rings. The molecule has 2 heterocycles. The zero-order chi connectivity index (χ0) is 14.4. The summed E-state index contributed by atoms with van der Waals surface area (Å²) >= 11 is 12.6. The second-order valence-corrected chi connectivity index (χ2v) is 5.66. The van der Waals surface area contributed by atoms with Gasteiger partial charge in [0.15, 0.2) is 0 Å². The number of benzene rings is 2. The van der Waals surface area contributed by atoms with Crippen molar-refractivity contribution in [2.24, 2.45) is 0 Å². The van der Waals surface area contributed by atoms with Crippen LogP contribution in [0.2, 0.25) is 10.2 Å². The summed E-state index contributed by atoms with van der Waals surface area (Å²) in [5.74, 6) is 0. The van der Waals surface area contributed by atoms with E-state index in [1.54, 1.807) is 6.20 Å². The number of nitrogens with one attached hydrogen (secondary N) is 1. The lowest BCUT2D eigenvalue weighted by atomic mass is 10.0. The van der Waals surface area contributed by atoms with Crippen molar-refractivity contribution in [2.75, 3.05) is 0 Å². The van der Waals surface area contributed by atoms with Crippen LogP contribution in [-0.2, 0) is 0 Å². The fourth-order valence-electron chi connectivity index (χ4n) is 2.66. The van der Waals surface area contributed by atoms with Crippen LogP contribution in [0, 0.1) is 0 Å². The lowest BCUT2D eigenvalue weighted by Crippen LogP contribution is -1.84. The van der Waals surface area contributed by atoms with Gasteiger partial charge in [-0.05, 0) is 30.3 Å². The molecule has 0 fully saturated rings. The van der Waals surface area contributed by atoms with Gasteiger partial charge in [-0.3, -0.25) is 0 Å². The van der Waals surface area contributed by atoms with E-state index >= 15 is 0 Å². The van der Waals surface area contributed by atoms with Gasteiger partial charge in [0.05, 0.1) is 5.02 Å². The van der Waals surface area contributed by atoms with Gasteiger partial charge in [-0.15, -0.1) is 0 Å². The van der Waals surface area contributed by atoms with Crippen LogP contribution in [-0.4, -0.2) is 9.97 Å². The molecule has 0 radical (unpaired) electrons. The first kappa shape index (κ1) is 12.7. The number of hydrogen-bond acceptors (Lipinski definition) is 1. The van der Waals surface area contributed by atoms with E-state index in [9.17, 15) is 0 Å². The molecule has 4 heteroatoms. The van der Waals surface area contributed by atoms with Crippen LogP contribution in [0.1, 0.15) is 0 Å². The molecule has 1 N–H and O–H groups in total. The molecule has 0 atom stereocenters. The third kappa shape index (κ3) is 1.99. The fraction of sp³-hybridized carbons (Fsp3) is 0. The molecule has 0 unspecified atom stereocenters. The van der Waals surface area contributed by atoms with Crippen LogP contribution in [0.5, 0.6) is 0 Å². The number of rotatable bonds is 1. The van der Waals surface area contributed by atoms with Crippen LogP contribution in [0.4, 0.5) is 0 Å². The second-order valence-electron chi connectivity index (χ2n) is 4.89. The molecule has 0 aliphatic carbocycles. The largest absolute Gasteiger partial charge is 0.354 e. The molecule has 0 aliphatic heterocycles. The minimum Gasteiger partial charge on any atom is -0.354 e. The number of para-hydroxylation sites is 1. The smallest absolute Gasteiger partial charge is 0.136 e.